The molecule has 1 rings (SSSR count). The molecule has 1 aromatic rings. The molecule has 0 amide bonds. The molecule has 14 heavy (non-hydrogen) atoms. The summed E-state index contributed by atoms with van der Waals surface area (Å²) < 4.78 is 12.6. The molecule has 0 saturated carbocycles. The van der Waals surface area contributed by atoms with Crippen molar-refractivity contribution in [3.8, 4) is 0 Å². The van der Waals surface area contributed by atoms with Crippen LogP contribution < -0.4 is 5.73 Å². The summed E-state index contributed by atoms with van der Waals surface area (Å²) in [7, 11) is 2.01. The number of rotatable bonds is 4. The number of halogens is 1. The van der Waals surface area contributed by atoms with E-state index in [0.29, 0.717) is 12.6 Å². The standard InChI is InChI=1S/C11H17FN2/c1-9(7-13)14(2)8-10-3-5-11(12)6-4-10/h3-6,9H,7-8,13H2,1-2H3. The predicted octanol–water partition coefficient (Wildman–Crippen LogP) is 1.60. The second kappa shape index (κ2) is 5.08. The van der Waals surface area contributed by atoms with Crippen LogP contribution in [-0.4, -0.2) is 24.5 Å². The Morgan fingerprint density at radius 3 is 2.43 bits per heavy atom. The molecule has 0 spiro atoms. The molecule has 0 heterocycles. The molecule has 0 aliphatic heterocycles. The highest BCUT2D eigenvalue weighted by Gasteiger charge is 2.06. The van der Waals surface area contributed by atoms with Crippen molar-refractivity contribution in [3.63, 3.8) is 0 Å². The van der Waals surface area contributed by atoms with Crippen LogP contribution in [0.3, 0.4) is 0 Å². The first kappa shape index (κ1) is 11.1. The van der Waals surface area contributed by atoms with Gasteiger partial charge >= 0.3 is 0 Å². The summed E-state index contributed by atoms with van der Waals surface area (Å²) in [5.74, 6) is -0.191. The topological polar surface area (TPSA) is 29.3 Å². The number of likely N-dealkylation sites (N-methyl/N-ethyl adjacent to an activating group) is 1. The first-order chi connectivity index (χ1) is 6.63. The van der Waals surface area contributed by atoms with Gasteiger partial charge in [-0.25, -0.2) is 4.39 Å². The van der Waals surface area contributed by atoms with Crippen LogP contribution in [0.4, 0.5) is 4.39 Å². The van der Waals surface area contributed by atoms with E-state index >= 15 is 0 Å². The van der Waals surface area contributed by atoms with Crippen molar-refractivity contribution < 1.29 is 4.39 Å². The van der Waals surface area contributed by atoms with Crippen LogP contribution in [0, 0.1) is 5.82 Å². The summed E-state index contributed by atoms with van der Waals surface area (Å²) >= 11 is 0. The highest BCUT2D eigenvalue weighted by Crippen LogP contribution is 2.07. The minimum absolute atomic E-state index is 0.191. The van der Waals surface area contributed by atoms with Gasteiger partial charge in [0.15, 0.2) is 0 Å². The molecule has 0 aromatic heterocycles. The van der Waals surface area contributed by atoms with E-state index in [0.717, 1.165) is 12.1 Å². The molecule has 2 nitrogen and oxygen atoms in total. The maximum Gasteiger partial charge on any atom is 0.123 e. The maximum absolute atomic E-state index is 12.6. The van der Waals surface area contributed by atoms with Gasteiger partial charge in [0, 0.05) is 19.1 Å². The first-order valence-corrected chi connectivity index (χ1v) is 4.78. The van der Waals surface area contributed by atoms with Gasteiger partial charge in [-0.15, -0.1) is 0 Å². The molecule has 0 saturated heterocycles. The van der Waals surface area contributed by atoms with E-state index in [4.69, 9.17) is 5.73 Å². The minimum atomic E-state index is -0.191. The third-order valence-electron chi connectivity index (χ3n) is 2.44. The van der Waals surface area contributed by atoms with E-state index in [2.05, 4.69) is 11.8 Å². The SMILES string of the molecule is CC(CN)N(C)Cc1ccc(F)cc1. The van der Waals surface area contributed by atoms with Gasteiger partial charge < -0.3 is 5.73 Å². The summed E-state index contributed by atoms with van der Waals surface area (Å²) in [6, 6.07) is 6.91. The summed E-state index contributed by atoms with van der Waals surface area (Å²) in [5.41, 5.74) is 6.65. The lowest BCUT2D eigenvalue weighted by molar-refractivity contribution is 0.255. The monoisotopic (exact) mass is 196 g/mol. The molecule has 1 unspecified atom stereocenters. The summed E-state index contributed by atoms with van der Waals surface area (Å²) in [5, 5.41) is 0. The number of benzene rings is 1. The largest absolute Gasteiger partial charge is 0.329 e. The van der Waals surface area contributed by atoms with E-state index in [1.807, 2.05) is 7.05 Å². The van der Waals surface area contributed by atoms with Crippen LogP contribution in [0.25, 0.3) is 0 Å². The van der Waals surface area contributed by atoms with Crippen LogP contribution >= 0.6 is 0 Å². The average molecular weight is 196 g/mol. The Balaban J connectivity index is 2.56. The van der Waals surface area contributed by atoms with Crippen LogP contribution in [0.15, 0.2) is 24.3 Å². The number of nitrogens with two attached hydrogens (primary N) is 1. The Morgan fingerprint density at radius 2 is 1.93 bits per heavy atom. The predicted molar refractivity (Wildman–Crippen MR) is 56.4 cm³/mol. The van der Waals surface area contributed by atoms with Gasteiger partial charge in [-0.3, -0.25) is 4.90 Å². The fraction of sp³-hybridized carbons (Fsp3) is 0.455. The van der Waals surface area contributed by atoms with Crippen LogP contribution in [0.5, 0.6) is 0 Å². The Bertz CT molecular complexity index is 271. The van der Waals surface area contributed by atoms with Gasteiger partial charge in [0.05, 0.1) is 0 Å². The van der Waals surface area contributed by atoms with Gasteiger partial charge in [-0.2, -0.15) is 0 Å². The van der Waals surface area contributed by atoms with E-state index in [-0.39, 0.29) is 5.82 Å². The lowest BCUT2D eigenvalue weighted by Crippen LogP contribution is -2.34. The van der Waals surface area contributed by atoms with Crippen molar-refractivity contribution in [3.05, 3.63) is 35.6 Å². The van der Waals surface area contributed by atoms with Gasteiger partial charge in [0.1, 0.15) is 5.82 Å². The van der Waals surface area contributed by atoms with E-state index in [1.54, 1.807) is 12.1 Å². The fourth-order valence-corrected chi connectivity index (χ4v) is 1.21. The van der Waals surface area contributed by atoms with Gasteiger partial charge in [-0.05, 0) is 31.7 Å². The van der Waals surface area contributed by atoms with Crippen molar-refractivity contribution >= 4 is 0 Å². The molecule has 0 fully saturated rings. The Labute approximate surface area is 84.5 Å². The minimum Gasteiger partial charge on any atom is -0.329 e. The Kier molecular flexibility index (Phi) is 4.04. The number of hydrogen-bond acceptors (Lipinski definition) is 2. The highest BCUT2D eigenvalue weighted by molar-refractivity contribution is 5.15. The van der Waals surface area contributed by atoms with Crippen LogP contribution in [0.1, 0.15) is 12.5 Å². The normalized spacial score (nSPS) is 13.2. The molecule has 78 valence electrons. The zero-order valence-corrected chi connectivity index (χ0v) is 8.70. The zero-order chi connectivity index (χ0) is 10.6. The second-order valence-electron chi connectivity index (χ2n) is 3.63. The third kappa shape index (κ3) is 3.09. The number of nitrogens with zero attached hydrogens (tertiary/aromatic N) is 1. The summed E-state index contributed by atoms with van der Waals surface area (Å²) in [4.78, 5) is 2.15. The van der Waals surface area contributed by atoms with Gasteiger partial charge in [-0.1, -0.05) is 12.1 Å². The summed E-state index contributed by atoms with van der Waals surface area (Å²) in [6.07, 6.45) is 0. The van der Waals surface area contributed by atoms with Crippen LogP contribution in [-0.2, 0) is 6.54 Å². The van der Waals surface area contributed by atoms with Crippen molar-refractivity contribution in [2.45, 2.75) is 19.5 Å². The molecule has 0 radical (unpaired) electrons. The third-order valence-corrected chi connectivity index (χ3v) is 2.44. The molecule has 1 atom stereocenters. The molecular formula is C11H17FN2. The van der Waals surface area contributed by atoms with Gasteiger partial charge in [0.2, 0.25) is 0 Å². The highest BCUT2D eigenvalue weighted by atomic mass is 19.1. The van der Waals surface area contributed by atoms with E-state index in [1.165, 1.54) is 12.1 Å². The Morgan fingerprint density at radius 1 is 1.36 bits per heavy atom. The average Bonchev–Trinajstić information content (AvgIpc) is 2.20. The Hall–Kier alpha value is -0.930. The van der Waals surface area contributed by atoms with Crippen molar-refractivity contribution in [2.75, 3.05) is 13.6 Å². The van der Waals surface area contributed by atoms with Crippen LogP contribution in [0.2, 0.25) is 0 Å². The van der Waals surface area contributed by atoms with Crippen molar-refractivity contribution in [2.24, 2.45) is 5.73 Å². The van der Waals surface area contributed by atoms with E-state index < -0.39 is 0 Å². The molecule has 3 heteroatoms. The fourth-order valence-electron chi connectivity index (χ4n) is 1.21. The smallest absolute Gasteiger partial charge is 0.123 e. The molecule has 0 aliphatic rings. The lowest BCUT2D eigenvalue weighted by atomic mass is 10.2. The molecular weight excluding hydrogens is 179 g/mol. The van der Waals surface area contributed by atoms with Crippen molar-refractivity contribution in [1.29, 1.82) is 0 Å². The number of hydrogen-bond donors (Lipinski definition) is 1. The zero-order valence-electron chi connectivity index (χ0n) is 8.70. The maximum atomic E-state index is 12.6. The molecule has 0 bridgehead atoms. The van der Waals surface area contributed by atoms with Gasteiger partial charge in [0.25, 0.3) is 0 Å². The second-order valence-corrected chi connectivity index (χ2v) is 3.63. The first-order valence-electron chi connectivity index (χ1n) is 4.78. The molecule has 0 aliphatic carbocycles. The molecule has 2 N–H and O–H groups in total. The van der Waals surface area contributed by atoms with E-state index in [9.17, 15) is 4.39 Å². The molecule has 1 aromatic carbocycles. The van der Waals surface area contributed by atoms with Crippen molar-refractivity contribution in [1.82, 2.24) is 4.90 Å². The lowest BCUT2D eigenvalue weighted by Gasteiger charge is -2.23. The summed E-state index contributed by atoms with van der Waals surface area (Å²) in [6.45, 7) is 3.51. The quantitative estimate of drug-likeness (QED) is 0.792.